The highest BCUT2D eigenvalue weighted by Crippen LogP contribution is 2.23. The van der Waals surface area contributed by atoms with Gasteiger partial charge in [-0.3, -0.25) is 9.69 Å². The van der Waals surface area contributed by atoms with Crippen molar-refractivity contribution in [2.45, 2.75) is 32.7 Å². The van der Waals surface area contributed by atoms with E-state index >= 15 is 0 Å². The lowest BCUT2D eigenvalue weighted by Crippen LogP contribution is -2.44. The van der Waals surface area contributed by atoms with E-state index in [-0.39, 0.29) is 5.78 Å². The van der Waals surface area contributed by atoms with Crippen molar-refractivity contribution in [1.82, 2.24) is 4.90 Å². The molecule has 0 amide bonds. The molecule has 1 saturated heterocycles. The van der Waals surface area contributed by atoms with Crippen LogP contribution < -0.4 is 4.74 Å². The van der Waals surface area contributed by atoms with Gasteiger partial charge in [-0.15, -0.1) is 0 Å². The molecule has 3 nitrogen and oxygen atoms in total. The Kier molecular flexibility index (Phi) is 4.59. The first-order valence-corrected chi connectivity index (χ1v) is 7.03. The number of likely N-dealkylation sites (tertiary alicyclic amines) is 1. The van der Waals surface area contributed by atoms with Gasteiger partial charge in [0.05, 0.1) is 13.7 Å². The third kappa shape index (κ3) is 3.35. The quantitative estimate of drug-likeness (QED) is 0.780. The summed E-state index contributed by atoms with van der Waals surface area (Å²) >= 11 is 0. The maximum absolute atomic E-state index is 12.3. The van der Waals surface area contributed by atoms with E-state index < -0.39 is 0 Å². The summed E-state index contributed by atoms with van der Waals surface area (Å²) in [7, 11) is 1.63. The third-order valence-electron chi connectivity index (χ3n) is 4.26. The van der Waals surface area contributed by atoms with Crippen LogP contribution in [0.15, 0.2) is 24.3 Å². The van der Waals surface area contributed by atoms with Gasteiger partial charge in [0.2, 0.25) is 0 Å². The smallest absolute Gasteiger partial charge is 0.176 e. The van der Waals surface area contributed by atoms with Crippen molar-refractivity contribution in [3.63, 3.8) is 0 Å². The van der Waals surface area contributed by atoms with Gasteiger partial charge >= 0.3 is 0 Å². The van der Waals surface area contributed by atoms with Crippen LogP contribution in [-0.2, 0) is 0 Å². The fraction of sp³-hybridized carbons (Fsp3) is 0.562. The first-order valence-electron chi connectivity index (χ1n) is 7.03. The Labute approximate surface area is 115 Å². The molecule has 1 aliphatic rings. The van der Waals surface area contributed by atoms with Crippen LogP contribution in [0, 0.1) is 5.92 Å². The number of Topliss-reactive ketones (excluding diaryl/α,β-unsaturated/α-hetero) is 1. The number of carbonyl (C=O) groups excluding carboxylic acids is 1. The zero-order chi connectivity index (χ0) is 13.8. The first kappa shape index (κ1) is 14.1. The topological polar surface area (TPSA) is 29.5 Å². The summed E-state index contributed by atoms with van der Waals surface area (Å²) in [6.45, 7) is 6.06. The number of piperidine rings is 1. The molecule has 3 heteroatoms. The van der Waals surface area contributed by atoms with Crippen LogP contribution in [0.25, 0.3) is 0 Å². The first-order chi connectivity index (χ1) is 9.11. The molecule has 2 rings (SSSR count). The molecule has 19 heavy (non-hydrogen) atoms. The van der Waals surface area contributed by atoms with Crippen molar-refractivity contribution in [3.05, 3.63) is 29.8 Å². The predicted octanol–water partition coefficient (Wildman–Crippen LogP) is 3.00. The Morgan fingerprint density at radius 3 is 2.63 bits per heavy atom. The van der Waals surface area contributed by atoms with Gasteiger partial charge < -0.3 is 4.74 Å². The van der Waals surface area contributed by atoms with Gasteiger partial charge in [-0.05, 0) is 56.5 Å². The van der Waals surface area contributed by atoms with Gasteiger partial charge in [-0.2, -0.15) is 0 Å². The lowest BCUT2D eigenvalue weighted by Gasteiger charge is -2.37. The Morgan fingerprint density at radius 1 is 1.32 bits per heavy atom. The molecule has 1 heterocycles. The molecule has 0 aliphatic carbocycles. The SMILES string of the molecule is COc1ccc(C(=O)CN2CCCC(C)C2C)cc1. The number of benzene rings is 1. The lowest BCUT2D eigenvalue weighted by molar-refractivity contribution is 0.0779. The molecular formula is C16H23NO2. The molecule has 0 aromatic heterocycles. The van der Waals surface area contributed by atoms with Gasteiger partial charge in [0, 0.05) is 11.6 Å². The van der Waals surface area contributed by atoms with Gasteiger partial charge in [-0.1, -0.05) is 6.92 Å². The van der Waals surface area contributed by atoms with Gasteiger partial charge in [0.1, 0.15) is 5.75 Å². The zero-order valence-electron chi connectivity index (χ0n) is 12.1. The molecule has 0 N–H and O–H groups in total. The van der Waals surface area contributed by atoms with E-state index in [1.807, 2.05) is 24.3 Å². The summed E-state index contributed by atoms with van der Waals surface area (Å²) in [5.74, 6) is 1.66. The minimum Gasteiger partial charge on any atom is -0.497 e. The molecule has 104 valence electrons. The van der Waals surface area contributed by atoms with Crippen molar-refractivity contribution in [1.29, 1.82) is 0 Å². The molecule has 1 fully saturated rings. The van der Waals surface area contributed by atoms with E-state index in [2.05, 4.69) is 18.7 Å². The highest BCUT2D eigenvalue weighted by atomic mass is 16.5. The number of hydrogen-bond acceptors (Lipinski definition) is 3. The predicted molar refractivity (Wildman–Crippen MR) is 76.8 cm³/mol. The third-order valence-corrected chi connectivity index (χ3v) is 4.26. The lowest BCUT2D eigenvalue weighted by atomic mass is 9.91. The molecular weight excluding hydrogens is 238 g/mol. The molecule has 1 aromatic carbocycles. The highest BCUT2D eigenvalue weighted by molar-refractivity contribution is 5.97. The van der Waals surface area contributed by atoms with E-state index in [4.69, 9.17) is 4.74 Å². The van der Waals surface area contributed by atoms with Crippen LogP contribution in [0.5, 0.6) is 5.75 Å². The molecule has 1 aliphatic heterocycles. The summed E-state index contributed by atoms with van der Waals surface area (Å²) in [6.07, 6.45) is 2.47. The van der Waals surface area contributed by atoms with Gasteiger partial charge in [0.15, 0.2) is 5.78 Å². The molecule has 0 bridgehead atoms. The Morgan fingerprint density at radius 2 is 2.00 bits per heavy atom. The minimum atomic E-state index is 0.198. The number of methoxy groups -OCH3 is 1. The Bertz CT molecular complexity index is 427. The summed E-state index contributed by atoms with van der Waals surface area (Å²) in [5.41, 5.74) is 0.770. The fourth-order valence-corrected chi connectivity index (χ4v) is 2.70. The molecule has 0 radical (unpaired) electrons. The van der Waals surface area contributed by atoms with E-state index in [1.54, 1.807) is 7.11 Å². The number of ether oxygens (including phenoxy) is 1. The van der Waals surface area contributed by atoms with Gasteiger partial charge in [0.25, 0.3) is 0 Å². The molecule has 1 aromatic rings. The number of hydrogen-bond donors (Lipinski definition) is 0. The average molecular weight is 261 g/mol. The fourth-order valence-electron chi connectivity index (χ4n) is 2.70. The largest absolute Gasteiger partial charge is 0.497 e. The van der Waals surface area contributed by atoms with E-state index in [9.17, 15) is 4.79 Å². The summed E-state index contributed by atoms with van der Waals surface area (Å²) in [5, 5.41) is 0. The summed E-state index contributed by atoms with van der Waals surface area (Å²) in [6, 6.07) is 7.87. The van der Waals surface area contributed by atoms with E-state index in [1.165, 1.54) is 12.8 Å². The zero-order valence-corrected chi connectivity index (χ0v) is 12.1. The number of nitrogens with zero attached hydrogens (tertiary/aromatic N) is 1. The Balaban J connectivity index is 1.99. The van der Waals surface area contributed by atoms with Crippen LogP contribution in [0.2, 0.25) is 0 Å². The molecule has 0 spiro atoms. The van der Waals surface area contributed by atoms with Crippen LogP contribution in [0.3, 0.4) is 0 Å². The molecule has 2 unspecified atom stereocenters. The second-order valence-corrected chi connectivity index (χ2v) is 5.48. The number of carbonyl (C=O) groups is 1. The van der Waals surface area contributed by atoms with Crippen molar-refractivity contribution in [3.8, 4) is 5.75 Å². The number of rotatable bonds is 4. The van der Waals surface area contributed by atoms with Crippen LogP contribution in [-0.4, -0.2) is 36.9 Å². The normalized spacial score (nSPS) is 24.2. The average Bonchev–Trinajstić information content (AvgIpc) is 2.44. The summed E-state index contributed by atoms with van der Waals surface area (Å²) in [4.78, 5) is 14.6. The minimum absolute atomic E-state index is 0.198. The van der Waals surface area contributed by atoms with Crippen molar-refractivity contribution < 1.29 is 9.53 Å². The van der Waals surface area contributed by atoms with Crippen LogP contribution >= 0.6 is 0 Å². The molecule has 0 saturated carbocycles. The molecule has 2 atom stereocenters. The van der Waals surface area contributed by atoms with E-state index in [0.717, 1.165) is 17.9 Å². The summed E-state index contributed by atoms with van der Waals surface area (Å²) < 4.78 is 5.11. The van der Waals surface area contributed by atoms with Crippen LogP contribution in [0.1, 0.15) is 37.0 Å². The van der Waals surface area contributed by atoms with Crippen LogP contribution in [0.4, 0.5) is 0 Å². The van der Waals surface area contributed by atoms with Crippen molar-refractivity contribution >= 4 is 5.78 Å². The highest BCUT2D eigenvalue weighted by Gasteiger charge is 2.26. The van der Waals surface area contributed by atoms with Crippen molar-refractivity contribution in [2.75, 3.05) is 20.2 Å². The maximum atomic E-state index is 12.3. The van der Waals surface area contributed by atoms with E-state index in [0.29, 0.717) is 18.5 Å². The van der Waals surface area contributed by atoms with Gasteiger partial charge in [-0.25, -0.2) is 0 Å². The monoisotopic (exact) mass is 261 g/mol. The second kappa shape index (κ2) is 6.20. The maximum Gasteiger partial charge on any atom is 0.176 e. The standard InChI is InChI=1S/C16H23NO2/c1-12-5-4-10-17(13(12)2)11-16(18)14-6-8-15(19-3)9-7-14/h6-9,12-13H,4-5,10-11H2,1-3H3. The Hall–Kier alpha value is -1.35. The van der Waals surface area contributed by atoms with Crippen molar-refractivity contribution in [2.24, 2.45) is 5.92 Å². The second-order valence-electron chi connectivity index (χ2n) is 5.48. The number of ketones is 1.